The first-order valence-corrected chi connectivity index (χ1v) is 6.24. The maximum Gasteiger partial charge on any atom is 0.326 e. The van der Waals surface area contributed by atoms with Gasteiger partial charge in [0.15, 0.2) is 0 Å². The number of hydrogen-bond donors (Lipinski definition) is 2. The van der Waals surface area contributed by atoms with Crippen LogP contribution in [-0.2, 0) is 11.2 Å². The molecule has 1 unspecified atom stereocenters. The van der Waals surface area contributed by atoms with Crippen LogP contribution in [0.5, 0.6) is 0 Å². The lowest BCUT2D eigenvalue weighted by Crippen LogP contribution is -2.42. The highest BCUT2D eigenvalue weighted by atomic mass is 19.1. The summed E-state index contributed by atoms with van der Waals surface area (Å²) < 4.78 is 12.8. The van der Waals surface area contributed by atoms with Crippen molar-refractivity contribution in [2.24, 2.45) is 0 Å². The first-order valence-electron chi connectivity index (χ1n) is 6.24. The molecule has 2 rings (SSSR count). The molecule has 0 bridgehead atoms. The summed E-state index contributed by atoms with van der Waals surface area (Å²) in [4.78, 5) is 27.0. The molecule has 1 aromatic carbocycles. The zero-order valence-electron chi connectivity index (χ0n) is 11.0. The monoisotopic (exact) mass is 288 g/mol. The molecule has 6 heteroatoms. The number of pyridine rings is 1. The molecule has 1 heterocycles. The standard InChI is InChI=1S/C15H13FN2O3/c16-12-5-3-10(4-6-12)8-13(15(20)21)18-14(19)11-2-1-7-17-9-11/h1-7,9,13H,8H2,(H,18,19)(H,20,21). The maximum atomic E-state index is 12.8. The molecule has 2 N–H and O–H groups in total. The molecule has 0 aliphatic heterocycles. The SMILES string of the molecule is O=C(NC(Cc1ccc(F)cc1)C(=O)O)c1cccnc1. The summed E-state index contributed by atoms with van der Waals surface area (Å²) in [6, 6.07) is 7.50. The number of carbonyl (C=O) groups is 2. The van der Waals surface area contributed by atoms with E-state index in [1.54, 1.807) is 12.1 Å². The smallest absolute Gasteiger partial charge is 0.326 e. The van der Waals surface area contributed by atoms with E-state index in [0.29, 0.717) is 5.56 Å². The fourth-order valence-corrected chi connectivity index (χ4v) is 1.79. The second kappa shape index (κ2) is 6.60. The van der Waals surface area contributed by atoms with Crippen LogP contribution in [0.3, 0.4) is 0 Å². The predicted octanol–water partition coefficient (Wildman–Crippen LogP) is 1.65. The Morgan fingerprint density at radius 2 is 1.95 bits per heavy atom. The summed E-state index contributed by atoms with van der Waals surface area (Å²) in [5.41, 5.74) is 0.901. The number of aliphatic carboxylic acids is 1. The number of hydrogen-bond acceptors (Lipinski definition) is 3. The molecule has 0 aliphatic rings. The van der Waals surface area contributed by atoms with Gasteiger partial charge < -0.3 is 10.4 Å². The van der Waals surface area contributed by atoms with Crippen LogP contribution >= 0.6 is 0 Å². The number of benzene rings is 1. The largest absolute Gasteiger partial charge is 0.480 e. The highest BCUT2D eigenvalue weighted by Gasteiger charge is 2.21. The van der Waals surface area contributed by atoms with E-state index in [9.17, 15) is 19.1 Å². The Bertz CT molecular complexity index is 629. The zero-order valence-corrected chi connectivity index (χ0v) is 11.0. The van der Waals surface area contributed by atoms with Gasteiger partial charge in [0.25, 0.3) is 5.91 Å². The van der Waals surface area contributed by atoms with Crippen molar-refractivity contribution in [3.8, 4) is 0 Å². The third-order valence-corrected chi connectivity index (χ3v) is 2.88. The van der Waals surface area contributed by atoms with E-state index < -0.39 is 23.7 Å². The van der Waals surface area contributed by atoms with Crippen LogP contribution in [0, 0.1) is 5.82 Å². The number of halogens is 1. The predicted molar refractivity (Wildman–Crippen MR) is 73.2 cm³/mol. The number of carbonyl (C=O) groups excluding carboxylic acids is 1. The van der Waals surface area contributed by atoms with Crippen LogP contribution in [0.1, 0.15) is 15.9 Å². The summed E-state index contributed by atoms with van der Waals surface area (Å²) in [7, 11) is 0. The van der Waals surface area contributed by atoms with Gasteiger partial charge in [0.2, 0.25) is 0 Å². The minimum Gasteiger partial charge on any atom is -0.480 e. The minimum atomic E-state index is -1.16. The van der Waals surface area contributed by atoms with Gasteiger partial charge in [0, 0.05) is 18.8 Å². The number of rotatable bonds is 5. The third-order valence-electron chi connectivity index (χ3n) is 2.88. The quantitative estimate of drug-likeness (QED) is 0.876. The molecule has 0 spiro atoms. The molecule has 0 saturated carbocycles. The number of carboxylic acid groups (broad SMARTS) is 1. The Morgan fingerprint density at radius 1 is 1.24 bits per heavy atom. The van der Waals surface area contributed by atoms with E-state index in [1.165, 1.54) is 36.7 Å². The summed E-state index contributed by atoms with van der Waals surface area (Å²) in [5.74, 6) is -2.07. The number of nitrogens with one attached hydrogen (secondary N) is 1. The van der Waals surface area contributed by atoms with Gasteiger partial charge in [-0.2, -0.15) is 0 Å². The Balaban J connectivity index is 2.07. The minimum absolute atomic E-state index is 0.0710. The molecular weight excluding hydrogens is 275 g/mol. The van der Waals surface area contributed by atoms with Crippen LogP contribution in [-0.4, -0.2) is 28.0 Å². The highest BCUT2D eigenvalue weighted by molar-refractivity contribution is 5.96. The van der Waals surface area contributed by atoms with Gasteiger partial charge in [-0.3, -0.25) is 9.78 Å². The van der Waals surface area contributed by atoms with Crippen molar-refractivity contribution in [1.82, 2.24) is 10.3 Å². The van der Waals surface area contributed by atoms with Gasteiger partial charge in [0.1, 0.15) is 11.9 Å². The van der Waals surface area contributed by atoms with Gasteiger partial charge in [-0.05, 0) is 29.8 Å². The molecule has 0 fully saturated rings. The topological polar surface area (TPSA) is 79.3 Å². The second-order valence-electron chi connectivity index (χ2n) is 4.44. The molecule has 0 radical (unpaired) electrons. The summed E-state index contributed by atoms with van der Waals surface area (Å²) in [5, 5.41) is 11.6. The van der Waals surface area contributed by atoms with Crippen LogP contribution in [0.15, 0.2) is 48.8 Å². The molecule has 2 aromatic rings. The number of aromatic nitrogens is 1. The first-order chi connectivity index (χ1) is 10.1. The van der Waals surface area contributed by atoms with Crippen LogP contribution in [0.4, 0.5) is 4.39 Å². The fraction of sp³-hybridized carbons (Fsp3) is 0.133. The molecule has 108 valence electrons. The molecule has 21 heavy (non-hydrogen) atoms. The molecule has 1 amide bonds. The van der Waals surface area contributed by atoms with E-state index in [0.717, 1.165) is 0 Å². The molecule has 5 nitrogen and oxygen atoms in total. The molecular formula is C15H13FN2O3. The highest BCUT2D eigenvalue weighted by Crippen LogP contribution is 2.07. The Kier molecular flexibility index (Phi) is 4.61. The number of nitrogens with zero attached hydrogens (tertiary/aromatic N) is 1. The van der Waals surface area contributed by atoms with Gasteiger partial charge in [0.05, 0.1) is 5.56 Å². The normalized spacial score (nSPS) is 11.7. The Labute approximate surface area is 120 Å². The Hall–Kier alpha value is -2.76. The fourth-order valence-electron chi connectivity index (χ4n) is 1.79. The average molecular weight is 288 g/mol. The zero-order chi connectivity index (χ0) is 15.2. The van der Waals surface area contributed by atoms with Crippen molar-refractivity contribution in [2.75, 3.05) is 0 Å². The van der Waals surface area contributed by atoms with Gasteiger partial charge in [-0.15, -0.1) is 0 Å². The lowest BCUT2D eigenvalue weighted by atomic mass is 10.1. The second-order valence-corrected chi connectivity index (χ2v) is 4.44. The van der Waals surface area contributed by atoms with Gasteiger partial charge in [-0.25, -0.2) is 9.18 Å². The summed E-state index contributed by atoms with van der Waals surface area (Å²) >= 11 is 0. The summed E-state index contributed by atoms with van der Waals surface area (Å²) in [6.07, 6.45) is 2.94. The van der Waals surface area contributed by atoms with E-state index in [4.69, 9.17) is 0 Å². The Morgan fingerprint density at radius 3 is 2.52 bits per heavy atom. The molecule has 1 aromatic heterocycles. The van der Waals surface area contributed by atoms with Crippen LogP contribution in [0.25, 0.3) is 0 Å². The van der Waals surface area contributed by atoms with Crippen LogP contribution < -0.4 is 5.32 Å². The van der Waals surface area contributed by atoms with Crippen molar-refractivity contribution in [1.29, 1.82) is 0 Å². The van der Waals surface area contributed by atoms with Crippen molar-refractivity contribution < 1.29 is 19.1 Å². The lowest BCUT2D eigenvalue weighted by Gasteiger charge is -2.14. The van der Waals surface area contributed by atoms with E-state index >= 15 is 0 Å². The van der Waals surface area contributed by atoms with Gasteiger partial charge >= 0.3 is 5.97 Å². The van der Waals surface area contributed by atoms with E-state index in [-0.39, 0.29) is 12.0 Å². The molecule has 1 atom stereocenters. The van der Waals surface area contributed by atoms with E-state index in [1.807, 2.05) is 0 Å². The molecule has 0 saturated heterocycles. The van der Waals surface area contributed by atoms with Gasteiger partial charge in [-0.1, -0.05) is 12.1 Å². The lowest BCUT2D eigenvalue weighted by molar-refractivity contribution is -0.139. The first kappa shape index (κ1) is 14.6. The van der Waals surface area contributed by atoms with Crippen molar-refractivity contribution in [2.45, 2.75) is 12.5 Å². The number of amides is 1. The van der Waals surface area contributed by atoms with Crippen LogP contribution in [0.2, 0.25) is 0 Å². The maximum absolute atomic E-state index is 12.8. The van der Waals surface area contributed by atoms with Crippen molar-refractivity contribution in [3.63, 3.8) is 0 Å². The third kappa shape index (κ3) is 4.10. The van der Waals surface area contributed by atoms with Crippen molar-refractivity contribution in [3.05, 3.63) is 65.7 Å². The van der Waals surface area contributed by atoms with E-state index in [2.05, 4.69) is 10.3 Å². The summed E-state index contributed by atoms with van der Waals surface area (Å²) in [6.45, 7) is 0. The number of carboxylic acids is 1. The average Bonchev–Trinajstić information content (AvgIpc) is 2.49. The van der Waals surface area contributed by atoms with Crippen molar-refractivity contribution >= 4 is 11.9 Å². The molecule has 0 aliphatic carbocycles.